The average molecular weight is 347 g/mol. The van der Waals surface area contributed by atoms with Gasteiger partial charge >= 0.3 is 6.03 Å². The number of fused-ring (bicyclic) bond motifs is 1. The largest absolute Gasteiger partial charge is 0.338 e. The summed E-state index contributed by atoms with van der Waals surface area (Å²) in [5, 5.41) is 15.4. The highest BCUT2D eigenvalue weighted by molar-refractivity contribution is 5.79. The van der Waals surface area contributed by atoms with Crippen LogP contribution in [0.4, 0.5) is 4.79 Å². The molecule has 7 nitrogen and oxygen atoms in total. The summed E-state index contributed by atoms with van der Waals surface area (Å²) in [4.78, 5) is 28.0. The van der Waals surface area contributed by atoms with Crippen molar-refractivity contribution < 1.29 is 9.59 Å². The van der Waals surface area contributed by atoms with Crippen molar-refractivity contribution in [2.75, 3.05) is 32.7 Å². The summed E-state index contributed by atoms with van der Waals surface area (Å²) >= 11 is 0. The lowest BCUT2D eigenvalue weighted by Crippen LogP contribution is -2.43. The van der Waals surface area contributed by atoms with Crippen molar-refractivity contribution in [1.82, 2.24) is 20.4 Å². The van der Waals surface area contributed by atoms with Gasteiger partial charge in [-0.25, -0.2) is 4.79 Å². The first-order valence-corrected chi connectivity index (χ1v) is 9.57. The number of rotatable bonds is 5. The second kappa shape index (κ2) is 8.05. The van der Waals surface area contributed by atoms with Crippen LogP contribution in [-0.4, -0.2) is 66.5 Å². The second-order valence-electron chi connectivity index (χ2n) is 7.58. The average Bonchev–Trinajstić information content (AvgIpc) is 3.30. The standard InChI is InChI=1S/C18H29N5O2/c1-2-5-20-18(25)22-11-13-7-15(8-14(13)12-22)21-10-17(24)23-6-3-4-16(23)9-19/h13-16,21H,2-8,10-12H2,1H3,(H,20,25). The van der Waals surface area contributed by atoms with Gasteiger partial charge in [0.05, 0.1) is 12.6 Å². The highest BCUT2D eigenvalue weighted by Gasteiger charge is 2.42. The number of likely N-dealkylation sites (tertiary alicyclic amines) is 2. The Kier molecular flexibility index (Phi) is 5.79. The van der Waals surface area contributed by atoms with E-state index in [0.29, 0.717) is 31.0 Å². The van der Waals surface area contributed by atoms with Crippen molar-refractivity contribution in [1.29, 1.82) is 5.26 Å². The van der Waals surface area contributed by atoms with Gasteiger partial charge in [0, 0.05) is 32.2 Å². The molecule has 1 aliphatic carbocycles. The number of carbonyl (C=O) groups excluding carboxylic acids is 2. The summed E-state index contributed by atoms with van der Waals surface area (Å²) in [6.45, 7) is 5.47. The minimum absolute atomic E-state index is 0.0432. The monoisotopic (exact) mass is 347 g/mol. The minimum Gasteiger partial charge on any atom is -0.338 e. The van der Waals surface area contributed by atoms with Gasteiger partial charge in [-0.1, -0.05) is 6.92 Å². The number of hydrogen-bond acceptors (Lipinski definition) is 4. The summed E-state index contributed by atoms with van der Waals surface area (Å²) in [7, 11) is 0. The fourth-order valence-corrected chi connectivity index (χ4v) is 4.51. The molecule has 0 bridgehead atoms. The fourth-order valence-electron chi connectivity index (χ4n) is 4.51. The number of urea groups is 1. The van der Waals surface area contributed by atoms with Crippen LogP contribution >= 0.6 is 0 Å². The lowest BCUT2D eigenvalue weighted by molar-refractivity contribution is -0.130. The molecule has 2 saturated heterocycles. The first-order chi connectivity index (χ1) is 12.1. The van der Waals surface area contributed by atoms with Crippen LogP contribution in [0.15, 0.2) is 0 Å². The zero-order valence-electron chi connectivity index (χ0n) is 15.0. The molecule has 3 fully saturated rings. The molecule has 0 radical (unpaired) electrons. The van der Waals surface area contributed by atoms with Crippen LogP contribution in [0.25, 0.3) is 0 Å². The molecule has 1 saturated carbocycles. The van der Waals surface area contributed by atoms with Crippen LogP contribution in [0.1, 0.15) is 39.0 Å². The highest BCUT2D eigenvalue weighted by Crippen LogP contribution is 2.38. The molecule has 25 heavy (non-hydrogen) atoms. The number of nitrogens with one attached hydrogen (secondary N) is 2. The third kappa shape index (κ3) is 4.06. The van der Waals surface area contributed by atoms with Gasteiger partial charge in [0.2, 0.25) is 5.91 Å². The Bertz CT molecular complexity index is 532. The van der Waals surface area contributed by atoms with E-state index in [1.807, 2.05) is 4.90 Å². The maximum atomic E-state index is 12.3. The van der Waals surface area contributed by atoms with Gasteiger partial charge in [-0.3, -0.25) is 4.79 Å². The Hall–Kier alpha value is -1.81. The molecule has 3 aliphatic rings. The van der Waals surface area contributed by atoms with Crippen molar-refractivity contribution in [2.24, 2.45) is 11.8 Å². The van der Waals surface area contributed by atoms with Crippen LogP contribution in [0, 0.1) is 23.2 Å². The lowest BCUT2D eigenvalue weighted by Gasteiger charge is -2.22. The van der Waals surface area contributed by atoms with E-state index in [-0.39, 0.29) is 18.0 Å². The van der Waals surface area contributed by atoms with Crippen LogP contribution in [0.2, 0.25) is 0 Å². The summed E-state index contributed by atoms with van der Waals surface area (Å²) in [5.41, 5.74) is 0. The number of nitriles is 1. The molecule has 3 unspecified atom stereocenters. The highest BCUT2D eigenvalue weighted by atomic mass is 16.2. The first kappa shape index (κ1) is 18.0. The van der Waals surface area contributed by atoms with Crippen molar-refractivity contribution in [3.63, 3.8) is 0 Å². The number of amides is 3. The van der Waals surface area contributed by atoms with Gasteiger partial charge in [0.15, 0.2) is 0 Å². The van der Waals surface area contributed by atoms with E-state index in [0.717, 1.165) is 51.7 Å². The molecule has 138 valence electrons. The zero-order valence-corrected chi connectivity index (χ0v) is 15.0. The lowest BCUT2D eigenvalue weighted by atomic mass is 10.0. The van der Waals surface area contributed by atoms with E-state index >= 15 is 0 Å². The molecule has 7 heteroatoms. The van der Waals surface area contributed by atoms with Gasteiger partial charge in [0.1, 0.15) is 6.04 Å². The third-order valence-corrected chi connectivity index (χ3v) is 5.83. The Morgan fingerprint density at radius 1 is 1.24 bits per heavy atom. The van der Waals surface area contributed by atoms with Gasteiger partial charge in [-0.05, 0) is 43.9 Å². The Labute approximate surface area is 149 Å². The molecule has 0 aromatic rings. The predicted molar refractivity (Wildman–Crippen MR) is 93.6 cm³/mol. The Morgan fingerprint density at radius 2 is 1.96 bits per heavy atom. The van der Waals surface area contributed by atoms with Gasteiger partial charge in [-0.15, -0.1) is 0 Å². The normalized spacial score (nSPS) is 31.0. The number of nitrogens with zero attached hydrogens (tertiary/aromatic N) is 3. The van der Waals surface area contributed by atoms with Crippen LogP contribution in [0.5, 0.6) is 0 Å². The maximum Gasteiger partial charge on any atom is 0.317 e. The summed E-state index contributed by atoms with van der Waals surface area (Å²) in [6, 6.07) is 2.39. The SMILES string of the molecule is CCCNC(=O)N1CC2CC(NCC(=O)N3CCCC3C#N)CC2C1. The topological polar surface area (TPSA) is 88.5 Å². The molecule has 2 aliphatic heterocycles. The van der Waals surface area contributed by atoms with Gasteiger partial charge in [-0.2, -0.15) is 5.26 Å². The predicted octanol–water partition coefficient (Wildman–Crippen LogP) is 0.921. The minimum atomic E-state index is -0.243. The van der Waals surface area contributed by atoms with Crippen LogP contribution in [0.3, 0.4) is 0 Å². The fraction of sp³-hybridized carbons (Fsp3) is 0.833. The van der Waals surface area contributed by atoms with Gasteiger partial charge in [0.25, 0.3) is 0 Å². The molecule has 0 spiro atoms. The molecule has 0 aromatic carbocycles. The molecular weight excluding hydrogens is 318 g/mol. The van der Waals surface area contributed by atoms with E-state index in [2.05, 4.69) is 23.6 Å². The molecule has 3 amide bonds. The summed E-state index contributed by atoms with van der Waals surface area (Å²) < 4.78 is 0. The van der Waals surface area contributed by atoms with Crippen molar-refractivity contribution in [3.05, 3.63) is 0 Å². The Balaban J connectivity index is 1.40. The molecule has 3 rings (SSSR count). The summed E-state index contributed by atoms with van der Waals surface area (Å²) in [6.07, 6.45) is 4.73. The molecule has 2 heterocycles. The van der Waals surface area contributed by atoms with E-state index in [4.69, 9.17) is 5.26 Å². The smallest absolute Gasteiger partial charge is 0.317 e. The molecule has 3 atom stereocenters. The third-order valence-electron chi connectivity index (χ3n) is 5.83. The van der Waals surface area contributed by atoms with Crippen molar-refractivity contribution in [2.45, 2.75) is 51.1 Å². The molecule has 0 aromatic heterocycles. The van der Waals surface area contributed by atoms with E-state index in [1.54, 1.807) is 4.90 Å². The van der Waals surface area contributed by atoms with Crippen LogP contribution < -0.4 is 10.6 Å². The van der Waals surface area contributed by atoms with Crippen molar-refractivity contribution in [3.8, 4) is 6.07 Å². The zero-order chi connectivity index (χ0) is 17.8. The van der Waals surface area contributed by atoms with Crippen molar-refractivity contribution >= 4 is 11.9 Å². The van der Waals surface area contributed by atoms with E-state index in [1.165, 1.54) is 0 Å². The molecule has 2 N–H and O–H groups in total. The maximum absolute atomic E-state index is 12.3. The Morgan fingerprint density at radius 3 is 2.60 bits per heavy atom. The second-order valence-corrected chi connectivity index (χ2v) is 7.58. The quantitative estimate of drug-likeness (QED) is 0.774. The summed E-state index contributed by atoms with van der Waals surface area (Å²) in [5.74, 6) is 1.12. The van der Waals surface area contributed by atoms with E-state index in [9.17, 15) is 9.59 Å². The number of hydrogen-bond donors (Lipinski definition) is 2. The van der Waals surface area contributed by atoms with Gasteiger partial charge < -0.3 is 20.4 Å². The molecular formula is C18H29N5O2. The van der Waals surface area contributed by atoms with E-state index < -0.39 is 0 Å². The number of carbonyl (C=O) groups is 2. The van der Waals surface area contributed by atoms with Crippen LogP contribution in [-0.2, 0) is 4.79 Å². The first-order valence-electron chi connectivity index (χ1n) is 9.57.